The quantitative estimate of drug-likeness (QED) is 0.835. The summed E-state index contributed by atoms with van der Waals surface area (Å²) in [7, 11) is 0. The highest BCUT2D eigenvalue weighted by atomic mass is 15.3. The molecule has 18 heavy (non-hydrogen) atoms. The lowest BCUT2D eigenvalue weighted by Crippen LogP contribution is -2.31. The lowest BCUT2D eigenvalue weighted by molar-refractivity contribution is 0.337. The Morgan fingerprint density at radius 2 is 2.00 bits per heavy atom. The van der Waals surface area contributed by atoms with Crippen LogP contribution in [0.5, 0.6) is 0 Å². The van der Waals surface area contributed by atoms with Crippen LogP contribution < -0.4 is 10.6 Å². The Kier molecular flexibility index (Phi) is 3.66. The first kappa shape index (κ1) is 12.2. The molecule has 1 unspecified atom stereocenters. The van der Waals surface area contributed by atoms with Gasteiger partial charge < -0.3 is 10.6 Å². The van der Waals surface area contributed by atoms with Crippen molar-refractivity contribution in [3.8, 4) is 0 Å². The zero-order valence-corrected chi connectivity index (χ0v) is 11.3. The van der Waals surface area contributed by atoms with Crippen molar-refractivity contribution >= 4 is 0 Å². The monoisotopic (exact) mass is 248 g/mol. The maximum Gasteiger partial charge on any atom is 0.0546 e. The third kappa shape index (κ3) is 2.31. The Labute approximate surface area is 109 Å². The minimum absolute atomic E-state index is 0.608. The van der Waals surface area contributed by atoms with Gasteiger partial charge in [-0.3, -0.25) is 4.68 Å². The van der Waals surface area contributed by atoms with Gasteiger partial charge in [0.15, 0.2) is 0 Å². The molecule has 0 spiro atoms. The minimum Gasteiger partial charge on any atom is -0.317 e. The minimum atomic E-state index is 0.608. The maximum atomic E-state index is 4.68. The average Bonchev–Trinajstić information content (AvgIpc) is 2.83. The Balaban J connectivity index is 1.78. The first-order valence-electron chi connectivity index (χ1n) is 7.31. The molecule has 2 saturated heterocycles. The van der Waals surface area contributed by atoms with E-state index >= 15 is 0 Å². The van der Waals surface area contributed by atoms with Crippen molar-refractivity contribution in [2.45, 2.75) is 44.6 Å². The molecule has 0 saturated carbocycles. The van der Waals surface area contributed by atoms with Crippen molar-refractivity contribution in [3.05, 3.63) is 17.5 Å². The molecule has 1 atom stereocenters. The van der Waals surface area contributed by atoms with Crippen molar-refractivity contribution in [1.29, 1.82) is 0 Å². The van der Waals surface area contributed by atoms with Crippen molar-refractivity contribution < 1.29 is 0 Å². The second-order valence-corrected chi connectivity index (χ2v) is 5.65. The Morgan fingerprint density at radius 3 is 2.72 bits per heavy atom. The maximum absolute atomic E-state index is 4.68. The van der Waals surface area contributed by atoms with E-state index in [2.05, 4.69) is 33.5 Å². The average molecular weight is 248 g/mol. The highest BCUT2D eigenvalue weighted by Gasteiger charge is 2.23. The predicted octanol–water partition coefficient (Wildman–Crippen LogP) is 1.58. The normalized spacial score (nSPS) is 26.4. The molecule has 3 rings (SSSR count). The smallest absolute Gasteiger partial charge is 0.0546 e. The summed E-state index contributed by atoms with van der Waals surface area (Å²) in [6, 6.07) is 0.608. The van der Waals surface area contributed by atoms with Crippen LogP contribution in [0.3, 0.4) is 0 Å². The molecular weight excluding hydrogens is 224 g/mol. The van der Waals surface area contributed by atoms with Crippen LogP contribution in [0.2, 0.25) is 0 Å². The molecule has 0 aliphatic carbocycles. The van der Waals surface area contributed by atoms with Crippen LogP contribution in [0.25, 0.3) is 0 Å². The molecule has 100 valence electrons. The summed E-state index contributed by atoms with van der Waals surface area (Å²) in [6.07, 6.45) is 7.15. The number of nitrogens with zero attached hydrogens (tertiary/aromatic N) is 2. The summed E-state index contributed by atoms with van der Waals surface area (Å²) in [4.78, 5) is 0. The molecule has 2 fully saturated rings. The largest absolute Gasteiger partial charge is 0.317 e. The number of hydrogen-bond donors (Lipinski definition) is 2. The van der Waals surface area contributed by atoms with E-state index in [0.717, 1.165) is 19.6 Å². The summed E-state index contributed by atoms with van der Waals surface area (Å²) in [5, 5.41) is 11.6. The van der Waals surface area contributed by atoms with Crippen molar-refractivity contribution in [2.24, 2.45) is 0 Å². The zero-order valence-electron chi connectivity index (χ0n) is 11.3. The van der Waals surface area contributed by atoms with Gasteiger partial charge in [-0.05, 0) is 63.7 Å². The molecule has 0 radical (unpaired) electrons. The molecule has 2 N–H and O–H groups in total. The topological polar surface area (TPSA) is 41.9 Å². The van der Waals surface area contributed by atoms with Crippen LogP contribution in [0.15, 0.2) is 6.20 Å². The Bertz CT molecular complexity index is 351. The molecule has 1 aromatic rings. The molecule has 2 aliphatic rings. The second kappa shape index (κ2) is 5.41. The van der Waals surface area contributed by atoms with Gasteiger partial charge in [0.2, 0.25) is 0 Å². The Morgan fingerprint density at radius 1 is 1.17 bits per heavy atom. The van der Waals surface area contributed by atoms with Gasteiger partial charge in [0, 0.05) is 12.2 Å². The highest BCUT2D eigenvalue weighted by molar-refractivity contribution is 5.23. The van der Waals surface area contributed by atoms with Crippen LogP contribution in [0, 0.1) is 6.92 Å². The van der Waals surface area contributed by atoms with Crippen LogP contribution in [-0.4, -0.2) is 36.0 Å². The fourth-order valence-electron chi connectivity index (χ4n) is 3.37. The van der Waals surface area contributed by atoms with Crippen molar-refractivity contribution in [3.63, 3.8) is 0 Å². The SMILES string of the molecule is Cc1c(C2CCCNC2)cnn1C1CCNCC1. The number of nitrogens with one attached hydrogen (secondary N) is 2. The molecule has 2 aliphatic heterocycles. The lowest BCUT2D eigenvalue weighted by Gasteiger charge is -2.26. The summed E-state index contributed by atoms with van der Waals surface area (Å²) < 4.78 is 2.28. The van der Waals surface area contributed by atoms with Gasteiger partial charge in [-0.15, -0.1) is 0 Å². The van der Waals surface area contributed by atoms with Crippen LogP contribution >= 0.6 is 0 Å². The number of piperidine rings is 2. The molecule has 3 heterocycles. The molecule has 0 aromatic carbocycles. The zero-order chi connectivity index (χ0) is 12.4. The molecular formula is C14H24N4. The van der Waals surface area contributed by atoms with Gasteiger partial charge in [-0.25, -0.2) is 0 Å². The van der Waals surface area contributed by atoms with E-state index in [9.17, 15) is 0 Å². The fourth-order valence-corrected chi connectivity index (χ4v) is 3.37. The first-order valence-corrected chi connectivity index (χ1v) is 7.31. The van der Waals surface area contributed by atoms with Gasteiger partial charge in [0.1, 0.15) is 0 Å². The van der Waals surface area contributed by atoms with E-state index in [1.54, 1.807) is 0 Å². The van der Waals surface area contributed by atoms with Gasteiger partial charge >= 0.3 is 0 Å². The number of hydrogen-bond acceptors (Lipinski definition) is 3. The third-order valence-corrected chi connectivity index (χ3v) is 4.47. The standard InChI is InChI=1S/C14H24N4/c1-11-14(12-3-2-6-16-9-12)10-17-18(11)13-4-7-15-8-5-13/h10,12-13,15-16H,2-9H2,1H3. The highest BCUT2D eigenvalue weighted by Crippen LogP contribution is 2.28. The van der Waals surface area contributed by atoms with E-state index in [-0.39, 0.29) is 0 Å². The van der Waals surface area contributed by atoms with E-state index in [1.165, 1.54) is 43.5 Å². The second-order valence-electron chi connectivity index (χ2n) is 5.65. The van der Waals surface area contributed by atoms with Crippen LogP contribution in [0.4, 0.5) is 0 Å². The van der Waals surface area contributed by atoms with Gasteiger partial charge in [-0.1, -0.05) is 0 Å². The van der Waals surface area contributed by atoms with Crippen molar-refractivity contribution in [2.75, 3.05) is 26.2 Å². The summed E-state index contributed by atoms with van der Waals surface area (Å²) in [6.45, 7) is 6.81. The lowest BCUT2D eigenvalue weighted by atomic mass is 9.92. The molecule has 4 nitrogen and oxygen atoms in total. The Hall–Kier alpha value is -0.870. The van der Waals surface area contributed by atoms with E-state index in [1.807, 2.05) is 0 Å². The van der Waals surface area contributed by atoms with Crippen LogP contribution in [-0.2, 0) is 0 Å². The van der Waals surface area contributed by atoms with Gasteiger partial charge in [-0.2, -0.15) is 5.10 Å². The number of aromatic nitrogens is 2. The van der Waals surface area contributed by atoms with E-state index in [4.69, 9.17) is 0 Å². The summed E-state index contributed by atoms with van der Waals surface area (Å²) >= 11 is 0. The van der Waals surface area contributed by atoms with E-state index < -0.39 is 0 Å². The van der Waals surface area contributed by atoms with Gasteiger partial charge in [0.05, 0.1) is 12.2 Å². The summed E-state index contributed by atoms with van der Waals surface area (Å²) in [5.41, 5.74) is 2.87. The summed E-state index contributed by atoms with van der Waals surface area (Å²) in [5.74, 6) is 0.675. The number of rotatable bonds is 2. The van der Waals surface area contributed by atoms with E-state index in [0.29, 0.717) is 12.0 Å². The molecule has 0 amide bonds. The van der Waals surface area contributed by atoms with Gasteiger partial charge in [0.25, 0.3) is 0 Å². The molecule has 4 heteroatoms. The molecule has 1 aromatic heterocycles. The fraction of sp³-hybridized carbons (Fsp3) is 0.786. The van der Waals surface area contributed by atoms with Crippen molar-refractivity contribution in [1.82, 2.24) is 20.4 Å². The first-order chi connectivity index (χ1) is 8.86. The predicted molar refractivity (Wildman–Crippen MR) is 72.9 cm³/mol. The molecule has 0 bridgehead atoms. The third-order valence-electron chi connectivity index (χ3n) is 4.47. The van der Waals surface area contributed by atoms with Crippen LogP contribution in [0.1, 0.15) is 48.9 Å².